The van der Waals surface area contributed by atoms with Gasteiger partial charge in [0.25, 0.3) is 11.6 Å². The molecule has 0 fully saturated rings. The quantitative estimate of drug-likeness (QED) is 0.465. The molecule has 1 amide bonds. The molecule has 0 atom stereocenters. The molecule has 0 saturated carbocycles. The Kier molecular flexibility index (Phi) is 4.45. The summed E-state index contributed by atoms with van der Waals surface area (Å²) in [6.07, 6.45) is 1.80. The van der Waals surface area contributed by atoms with E-state index < -0.39 is 10.8 Å². The van der Waals surface area contributed by atoms with Gasteiger partial charge in [-0.3, -0.25) is 14.9 Å². The molecule has 0 unspecified atom stereocenters. The van der Waals surface area contributed by atoms with Crippen LogP contribution in [0.4, 0.5) is 5.69 Å². The maximum atomic E-state index is 11.1. The number of rotatable bonds is 6. The summed E-state index contributed by atoms with van der Waals surface area (Å²) in [5, 5.41) is 10.6. The van der Waals surface area contributed by atoms with Gasteiger partial charge in [-0.2, -0.15) is 0 Å². The summed E-state index contributed by atoms with van der Waals surface area (Å²) in [6, 6.07) is 3.81. The summed E-state index contributed by atoms with van der Waals surface area (Å²) in [7, 11) is 0. The summed E-state index contributed by atoms with van der Waals surface area (Å²) in [5.41, 5.74) is 5.00. The van der Waals surface area contributed by atoms with Crippen molar-refractivity contribution in [2.45, 2.75) is 19.8 Å². The summed E-state index contributed by atoms with van der Waals surface area (Å²) in [4.78, 5) is 21.1. The van der Waals surface area contributed by atoms with Gasteiger partial charge in [0.05, 0.1) is 17.1 Å². The molecule has 0 radical (unpaired) electrons. The van der Waals surface area contributed by atoms with Crippen molar-refractivity contribution < 1.29 is 14.5 Å². The first-order chi connectivity index (χ1) is 8.06. The number of carbonyl (C=O) groups is 1. The van der Waals surface area contributed by atoms with Gasteiger partial charge in [0.15, 0.2) is 0 Å². The van der Waals surface area contributed by atoms with Crippen molar-refractivity contribution in [2.75, 3.05) is 6.61 Å². The molecule has 0 aliphatic carbocycles. The van der Waals surface area contributed by atoms with E-state index in [1.807, 2.05) is 6.92 Å². The molecule has 17 heavy (non-hydrogen) atoms. The lowest BCUT2D eigenvalue weighted by Crippen LogP contribution is -2.13. The number of nitro benzene ring substituents is 1. The van der Waals surface area contributed by atoms with Crippen molar-refractivity contribution in [1.29, 1.82) is 0 Å². The number of non-ortho nitro benzene ring substituents is 1. The lowest BCUT2D eigenvalue weighted by Gasteiger charge is -2.08. The van der Waals surface area contributed by atoms with Crippen LogP contribution in [0.1, 0.15) is 30.1 Å². The third-order valence-electron chi connectivity index (χ3n) is 2.19. The molecule has 92 valence electrons. The Morgan fingerprint density at radius 3 is 2.76 bits per heavy atom. The van der Waals surface area contributed by atoms with Gasteiger partial charge in [-0.15, -0.1) is 0 Å². The van der Waals surface area contributed by atoms with Gasteiger partial charge >= 0.3 is 0 Å². The van der Waals surface area contributed by atoms with Crippen LogP contribution in [-0.4, -0.2) is 17.4 Å². The SMILES string of the molecule is CCCCOc1ccc([N+](=O)[O-])cc1C(N)=O. The molecule has 1 rings (SSSR count). The fourth-order valence-electron chi connectivity index (χ4n) is 1.28. The van der Waals surface area contributed by atoms with Gasteiger partial charge in [-0.1, -0.05) is 13.3 Å². The average molecular weight is 238 g/mol. The van der Waals surface area contributed by atoms with E-state index in [1.54, 1.807) is 0 Å². The van der Waals surface area contributed by atoms with Crippen LogP contribution >= 0.6 is 0 Å². The highest BCUT2D eigenvalue weighted by Crippen LogP contribution is 2.24. The van der Waals surface area contributed by atoms with E-state index in [9.17, 15) is 14.9 Å². The maximum absolute atomic E-state index is 11.1. The van der Waals surface area contributed by atoms with Crippen LogP contribution in [0, 0.1) is 10.1 Å². The number of ether oxygens (including phenoxy) is 1. The third kappa shape index (κ3) is 3.44. The van der Waals surface area contributed by atoms with Crippen molar-refractivity contribution in [2.24, 2.45) is 5.73 Å². The molecule has 2 N–H and O–H groups in total. The Morgan fingerprint density at radius 1 is 1.53 bits per heavy atom. The Labute approximate surface area is 98.5 Å². The minimum atomic E-state index is -0.736. The molecule has 1 aromatic rings. The number of nitrogens with zero attached hydrogens (tertiary/aromatic N) is 1. The van der Waals surface area contributed by atoms with Gasteiger partial charge in [0, 0.05) is 12.1 Å². The van der Waals surface area contributed by atoms with Crippen LogP contribution in [0.25, 0.3) is 0 Å². The predicted octanol–water partition coefficient (Wildman–Crippen LogP) is 1.87. The van der Waals surface area contributed by atoms with E-state index >= 15 is 0 Å². The third-order valence-corrected chi connectivity index (χ3v) is 2.19. The molecule has 0 heterocycles. The van der Waals surface area contributed by atoms with Gasteiger partial charge in [0.1, 0.15) is 5.75 Å². The van der Waals surface area contributed by atoms with Gasteiger partial charge in [-0.05, 0) is 12.5 Å². The smallest absolute Gasteiger partial charge is 0.270 e. The number of primary amides is 1. The summed E-state index contributed by atoms with van der Waals surface area (Å²) in [6.45, 7) is 2.46. The van der Waals surface area contributed by atoms with E-state index in [-0.39, 0.29) is 17.0 Å². The van der Waals surface area contributed by atoms with Crippen molar-refractivity contribution in [3.63, 3.8) is 0 Å². The average Bonchev–Trinajstić information content (AvgIpc) is 2.29. The lowest BCUT2D eigenvalue weighted by molar-refractivity contribution is -0.384. The van der Waals surface area contributed by atoms with Crippen LogP contribution in [0.5, 0.6) is 5.75 Å². The lowest BCUT2D eigenvalue weighted by atomic mass is 10.1. The standard InChI is InChI=1S/C11H14N2O4/c1-2-3-6-17-10-5-4-8(13(15)16)7-9(10)11(12)14/h4-5,7H,2-3,6H2,1H3,(H2,12,14). The zero-order chi connectivity index (χ0) is 12.8. The minimum absolute atomic E-state index is 0.0373. The summed E-state index contributed by atoms with van der Waals surface area (Å²) in [5.74, 6) is -0.447. The Balaban J connectivity index is 2.96. The normalized spacial score (nSPS) is 9.94. The summed E-state index contributed by atoms with van der Waals surface area (Å²) < 4.78 is 5.35. The van der Waals surface area contributed by atoms with E-state index in [2.05, 4.69) is 0 Å². The highest BCUT2D eigenvalue weighted by molar-refractivity contribution is 5.96. The first kappa shape index (κ1) is 13.0. The molecule has 0 saturated heterocycles. The van der Waals surface area contributed by atoms with E-state index in [1.165, 1.54) is 12.1 Å². The molecule has 0 aliphatic rings. The number of nitro groups is 1. The van der Waals surface area contributed by atoms with Gasteiger partial charge in [0.2, 0.25) is 0 Å². The zero-order valence-electron chi connectivity index (χ0n) is 9.51. The van der Waals surface area contributed by atoms with Crippen molar-refractivity contribution in [1.82, 2.24) is 0 Å². The molecule has 0 spiro atoms. The molecular weight excluding hydrogens is 224 g/mol. The van der Waals surface area contributed by atoms with E-state index in [4.69, 9.17) is 10.5 Å². The molecule has 6 nitrogen and oxygen atoms in total. The minimum Gasteiger partial charge on any atom is -0.493 e. The number of unbranched alkanes of at least 4 members (excludes halogenated alkanes) is 1. The molecule has 0 aromatic heterocycles. The topological polar surface area (TPSA) is 95.5 Å². The van der Waals surface area contributed by atoms with E-state index in [0.29, 0.717) is 6.61 Å². The molecule has 1 aromatic carbocycles. The highest BCUT2D eigenvalue weighted by Gasteiger charge is 2.15. The second-order valence-electron chi connectivity index (χ2n) is 3.50. The van der Waals surface area contributed by atoms with Crippen LogP contribution in [0.3, 0.4) is 0 Å². The van der Waals surface area contributed by atoms with Crippen molar-refractivity contribution in [3.8, 4) is 5.75 Å². The van der Waals surface area contributed by atoms with Crippen LogP contribution in [0.2, 0.25) is 0 Å². The Hall–Kier alpha value is -2.11. The first-order valence-electron chi connectivity index (χ1n) is 5.27. The number of amides is 1. The number of hydrogen-bond donors (Lipinski definition) is 1. The van der Waals surface area contributed by atoms with Crippen LogP contribution < -0.4 is 10.5 Å². The largest absolute Gasteiger partial charge is 0.493 e. The van der Waals surface area contributed by atoms with Gasteiger partial charge < -0.3 is 10.5 Å². The fourth-order valence-corrected chi connectivity index (χ4v) is 1.28. The summed E-state index contributed by atoms with van der Waals surface area (Å²) >= 11 is 0. The molecule has 6 heteroatoms. The second-order valence-corrected chi connectivity index (χ2v) is 3.50. The molecule has 0 aliphatic heterocycles. The number of nitrogens with two attached hydrogens (primary N) is 1. The fraction of sp³-hybridized carbons (Fsp3) is 0.364. The number of carbonyl (C=O) groups excluding carboxylic acids is 1. The molecule has 0 bridgehead atoms. The molecular formula is C11H14N2O4. The van der Waals surface area contributed by atoms with Crippen LogP contribution in [0.15, 0.2) is 18.2 Å². The first-order valence-corrected chi connectivity index (χ1v) is 5.27. The van der Waals surface area contributed by atoms with Crippen LogP contribution in [-0.2, 0) is 0 Å². The zero-order valence-corrected chi connectivity index (χ0v) is 9.51. The predicted molar refractivity (Wildman–Crippen MR) is 62.0 cm³/mol. The van der Waals surface area contributed by atoms with Crippen molar-refractivity contribution >= 4 is 11.6 Å². The second kappa shape index (κ2) is 5.83. The maximum Gasteiger partial charge on any atom is 0.270 e. The Morgan fingerprint density at radius 2 is 2.24 bits per heavy atom. The van der Waals surface area contributed by atoms with E-state index in [0.717, 1.165) is 18.9 Å². The van der Waals surface area contributed by atoms with Gasteiger partial charge in [-0.25, -0.2) is 0 Å². The number of benzene rings is 1. The highest BCUT2D eigenvalue weighted by atomic mass is 16.6. The Bertz CT molecular complexity index is 431. The van der Waals surface area contributed by atoms with Crippen molar-refractivity contribution in [3.05, 3.63) is 33.9 Å². The number of hydrogen-bond acceptors (Lipinski definition) is 4. The monoisotopic (exact) mass is 238 g/mol.